The van der Waals surface area contributed by atoms with Crippen LogP contribution in [0.1, 0.15) is 46.7 Å². The van der Waals surface area contributed by atoms with E-state index in [4.69, 9.17) is 9.68 Å². The molecule has 2 aromatic carbocycles. The topological polar surface area (TPSA) is 72.3 Å². The average molecular weight is 471 g/mol. The number of benzene rings is 2. The summed E-state index contributed by atoms with van der Waals surface area (Å²) >= 11 is 0. The van der Waals surface area contributed by atoms with E-state index in [1.165, 1.54) is 14.2 Å². The molecule has 33 heavy (non-hydrogen) atoms. The maximum atomic E-state index is 13.4. The van der Waals surface area contributed by atoms with Crippen molar-refractivity contribution in [2.45, 2.75) is 33.1 Å². The van der Waals surface area contributed by atoms with Gasteiger partial charge in [-0.25, -0.2) is 8.78 Å². The fourth-order valence-electron chi connectivity index (χ4n) is 3.17. The normalized spacial score (nSPS) is 12.7. The lowest BCUT2D eigenvalue weighted by molar-refractivity contribution is -0.137. The number of carbonyl (C=O) groups is 1. The van der Waals surface area contributed by atoms with E-state index in [0.29, 0.717) is 22.8 Å². The summed E-state index contributed by atoms with van der Waals surface area (Å²) in [6.07, 6.45) is -8.00. The number of likely N-dealkylation sites (N-methyl/N-ethyl adjacent to an activating group) is 1. The Bertz CT molecular complexity index is 1070. The minimum absolute atomic E-state index is 0.0506. The number of amides is 1. The third kappa shape index (κ3) is 6.05. The van der Waals surface area contributed by atoms with Crippen LogP contribution in [0, 0.1) is 6.92 Å². The van der Waals surface area contributed by atoms with Gasteiger partial charge in [-0.05, 0) is 25.5 Å². The van der Waals surface area contributed by atoms with Crippen LogP contribution in [0.25, 0.3) is 0 Å². The van der Waals surface area contributed by atoms with Crippen LogP contribution in [-0.2, 0) is 27.3 Å². The van der Waals surface area contributed by atoms with E-state index < -0.39 is 35.2 Å². The molecule has 0 fully saturated rings. The molecular formula is C22H22F5N3O3. The van der Waals surface area contributed by atoms with Crippen molar-refractivity contribution < 1.29 is 36.4 Å². The first-order chi connectivity index (χ1) is 15.5. The fourth-order valence-corrected chi connectivity index (χ4v) is 3.17. The van der Waals surface area contributed by atoms with Crippen LogP contribution in [0.3, 0.4) is 0 Å². The zero-order valence-corrected chi connectivity index (χ0v) is 18.3. The molecule has 2 aromatic rings. The molecule has 0 atom stereocenters. The van der Waals surface area contributed by atoms with Gasteiger partial charge in [-0.1, -0.05) is 40.6 Å². The molecule has 0 aliphatic carbocycles. The number of carbonyl (C=O) groups excluding carboxylic acids is 1. The molecule has 0 saturated carbocycles. The molecular weight excluding hydrogens is 449 g/mol. The molecule has 178 valence electrons. The second-order valence-corrected chi connectivity index (χ2v) is 6.82. The first-order valence-electron chi connectivity index (χ1n) is 9.60. The number of rotatable bonds is 8. The quantitative estimate of drug-likeness (QED) is 0.335. The number of hydrogen-bond acceptors (Lipinski definition) is 5. The van der Waals surface area contributed by atoms with Gasteiger partial charge in [-0.2, -0.15) is 13.2 Å². The highest BCUT2D eigenvalue weighted by molar-refractivity contribution is 6.45. The van der Waals surface area contributed by atoms with Crippen LogP contribution in [-0.4, -0.2) is 31.5 Å². The minimum Gasteiger partial charge on any atom is -0.398 e. The summed E-state index contributed by atoms with van der Waals surface area (Å²) in [5.41, 5.74) is -1.71. The predicted molar refractivity (Wildman–Crippen MR) is 112 cm³/mol. The van der Waals surface area contributed by atoms with Crippen molar-refractivity contribution in [3.63, 3.8) is 0 Å². The average Bonchev–Trinajstić information content (AvgIpc) is 2.76. The van der Waals surface area contributed by atoms with Crippen molar-refractivity contribution in [3.05, 3.63) is 69.8 Å². The van der Waals surface area contributed by atoms with Gasteiger partial charge in [0.15, 0.2) is 5.71 Å². The molecule has 2 rings (SSSR count). The highest BCUT2D eigenvalue weighted by Gasteiger charge is 2.36. The Labute approximate surface area is 187 Å². The molecule has 0 radical (unpaired) electrons. The highest BCUT2D eigenvalue weighted by Crippen LogP contribution is 2.36. The van der Waals surface area contributed by atoms with E-state index >= 15 is 0 Å². The Balaban J connectivity index is 2.45. The van der Waals surface area contributed by atoms with Crippen molar-refractivity contribution >= 4 is 17.3 Å². The van der Waals surface area contributed by atoms with Gasteiger partial charge < -0.3 is 15.0 Å². The molecule has 0 saturated heterocycles. The van der Waals surface area contributed by atoms with E-state index in [1.807, 2.05) is 0 Å². The van der Waals surface area contributed by atoms with Gasteiger partial charge in [-0.15, -0.1) is 0 Å². The Hall–Kier alpha value is -3.50. The van der Waals surface area contributed by atoms with Crippen molar-refractivity contribution in [1.29, 1.82) is 0 Å². The predicted octanol–water partition coefficient (Wildman–Crippen LogP) is 4.99. The lowest BCUT2D eigenvalue weighted by Crippen LogP contribution is -2.29. The molecule has 1 amide bonds. The van der Waals surface area contributed by atoms with Gasteiger partial charge >= 0.3 is 6.18 Å². The monoisotopic (exact) mass is 471 g/mol. The number of nitrogens with zero attached hydrogens (tertiary/aromatic N) is 2. The third-order valence-corrected chi connectivity index (χ3v) is 4.70. The molecule has 0 aliphatic rings. The summed E-state index contributed by atoms with van der Waals surface area (Å²) in [7, 11) is 2.67. The number of alkyl halides is 5. The lowest BCUT2D eigenvalue weighted by atomic mass is 9.97. The van der Waals surface area contributed by atoms with Gasteiger partial charge in [0.2, 0.25) is 0 Å². The van der Waals surface area contributed by atoms with Crippen molar-refractivity contribution in [2.75, 3.05) is 14.2 Å². The summed E-state index contributed by atoms with van der Waals surface area (Å²) in [4.78, 5) is 22.2. The molecule has 0 aliphatic heterocycles. The van der Waals surface area contributed by atoms with E-state index in [9.17, 15) is 26.7 Å². The van der Waals surface area contributed by atoms with Gasteiger partial charge in [0.1, 0.15) is 13.7 Å². The number of aryl methyl sites for hydroxylation is 1. The largest absolute Gasteiger partial charge is 0.417 e. The Morgan fingerprint density at radius 1 is 1.12 bits per heavy atom. The summed E-state index contributed by atoms with van der Waals surface area (Å²) in [5, 5.41) is 9.84. The van der Waals surface area contributed by atoms with E-state index in [2.05, 4.69) is 15.6 Å². The van der Waals surface area contributed by atoms with Gasteiger partial charge in [0, 0.05) is 29.3 Å². The molecule has 11 heteroatoms. The molecule has 0 aromatic heterocycles. The molecule has 6 nitrogen and oxygen atoms in total. The van der Waals surface area contributed by atoms with E-state index in [1.54, 1.807) is 25.1 Å². The molecule has 0 heterocycles. The van der Waals surface area contributed by atoms with Crippen LogP contribution in [0.4, 0.5) is 22.0 Å². The van der Waals surface area contributed by atoms with Crippen LogP contribution in [0.2, 0.25) is 0 Å². The lowest BCUT2D eigenvalue weighted by Gasteiger charge is -2.17. The van der Waals surface area contributed by atoms with Gasteiger partial charge in [0.05, 0.1) is 11.3 Å². The van der Waals surface area contributed by atoms with Crippen molar-refractivity contribution in [2.24, 2.45) is 10.3 Å². The molecule has 0 spiro atoms. The summed E-state index contributed by atoms with van der Waals surface area (Å²) < 4.78 is 67.0. The minimum atomic E-state index is -4.86. The SMILES string of the molecule is CNC(=O)/C(=N/OC)c1cccc(C)c1CO/N=C(\C)c1c(C(F)F)cccc1C(F)(F)F. The summed E-state index contributed by atoms with van der Waals surface area (Å²) in [6.45, 7) is 2.61. The third-order valence-electron chi connectivity index (χ3n) is 4.70. The highest BCUT2D eigenvalue weighted by atomic mass is 19.4. The Morgan fingerprint density at radius 2 is 1.79 bits per heavy atom. The smallest absolute Gasteiger partial charge is 0.398 e. The Morgan fingerprint density at radius 3 is 2.36 bits per heavy atom. The molecule has 0 unspecified atom stereocenters. The standard InChI is InChI=1S/C22H22F5N3O3/c1-12-7-5-8-14(19(30-32-4)21(31)28-3)16(12)11-33-29-13(2)18-15(20(23)24)9-6-10-17(18)22(25,26)27/h5-10,20H,11H2,1-4H3,(H,28,31)/b29-13+,30-19+. The molecule has 1 N–H and O–H groups in total. The zero-order valence-electron chi connectivity index (χ0n) is 18.3. The maximum Gasteiger partial charge on any atom is 0.417 e. The van der Waals surface area contributed by atoms with Crippen molar-refractivity contribution in [3.8, 4) is 0 Å². The van der Waals surface area contributed by atoms with Gasteiger partial charge in [0.25, 0.3) is 12.3 Å². The van der Waals surface area contributed by atoms with Crippen LogP contribution in [0.5, 0.6) is 0 Å². The maximum absolute atomic E-state index is 13.4. The number of nitrogens with one attached hydrogen (secondary N) is 1. The number of halogens is 5. The van der Waals surface area contributed by atoms with Crippen LogP contribution >= 0.6 is 0 Å². The first kappa shape index (κ1) is 25.8. The number of oxime groups is 2. The second-order valence-electron chi connectivity index (χ2n) is 6.82. The van der Waals surface area contributed by atoms with E-state index in [-0.39, 0.29) is 18.0 Å². The summed E-state index contributed by atoms with van der Waals surface area (Å²) in [6, 6.07) is 7.51. The zero-order chi connectivity index (χ0) is 24.8. The Kier molecular flexibility index (Phi) is 8.50. The van der Waals surface area contributed by atoms with Crippen LogP contribution < -0.4 is 5.32 Å². The molecule has 0 bridgehead atoms. The fraction of sp³-hybridized carbons (Fsp3) is 0.318. The van der Waals surface area contributed by atoms with Gasteiger partial charge in [-0.3, -0.25) is 4.79 Å². The number of hydrogen-bond donors (Lipinski definition) is 1. The van der Waals surface area contributed by atoms with Crippen molar-refractivity contribution in [1.82, 2.24) is 5.32 Å². The first-order valence-corrected chi connectivity index (χ1v) is 9.60. The second kappa shape index (κ2) is 10.9. The van der Waals surface area contributed by atoms with E-state index in [0.717, 1.165) is 19.1 Å². The summed E-state index contributed by atoms with van der Waals surface area (Å²) in [5.74, 6) is -0.538. The van der Waals surface area contributed by atoms with Crippen LogP contribution in [0.15, 0.2) is 46.7 Å².